The predicted molar refractivity (Wildman–Crippen MR) is 69.6 cm³/mol. The van der Waals surface area contributed by atoms with Gasteiger partial charge in [-0.1, -0.05) is 20.8 Å². The van der Waals surface area contributed by atoms with Gasteiger partial charge in [0.25, 0.3) is 0 Å². The summed E-state index contributed by atoms with van der Waals surface area (Å²) in [7, 11) is 0. The molecule has 1 saturated carbocycles. The van der Waals surface area contributed by atoms with Gasteiger partial charge in [0.15, 0.2) is 0 Å². The molecule has 1 aromatic heterocycles. The molecule has 3 atom stereocenters. The van der Waals surface area contributed by atoms with Gasteiger partial charge in [-0.05, 0) is 37.6 Å². The Bertz CT molecular complexity index is 323. The normalized spacial score (nSPS) is 35.2. The highest BCUT2D eigenvalue weighted by atomic mass is 32.1. The third-order valence-corrected chi connectivity index (χ3v) is 5.00. The molecular formula is C13H22N2S. The van der Waals surface area contributed by atoms with E-state index in [0.29, 0.717) is 0 Å². The van der Waals surface area contributed by atoms with Crippen molar-refractivity contribution in [2.45, 2.75) is 45.6 Å². The molecule has 1 aliphatic carbocycles. The molecule has 2 nitrogen and oxygen atoms in total. The van der Waals surface area contributed by atoms with E-state index in [1.165, 1.54) is 24.3 Å². The van der Waals surface area contributed by atoms with Crippen LogP contribution >= 0.6 is 11.3 Å². The number of rotatable bonds is 3. The minimum atomic E-state index is 0.162. The second-order valence-corrected chi connectivity index (χ2v) is 6.04. The van der Waals surface area contributed by atoms with E-state index in [2.05, 4.69) is 36.5 Å². The molecule has 0 radical (unpaired) electrons. The van der Waals surface area contributed by atoms with Gasteiger partial charge >= 0.3 is 0 Å². The van der Waals surface area contributed by atoms with Crippen molar-refractivity contribution < 1.29 is 0 Å². The van der Waals surface area contributed by atoms with E-state index in [4.69, 9.17) is 0 Å². The summed E-state index contributed by atoms with van der Waals surface area (Å²) in [4.78, 5) is 4.55. The average molecular weight is 238 g/mol. The first kappa shape index (κ1) is 12.1. The van der Waals surface area contributed by atoms with E-state index in [-0.39, 0.29) is 5.54 Å². The van der Waals surface area contributed by atoms with Crippen LogP contribution in [0.1, 0.15) is 45.0 Å². The second kappa shape index (κ2) is 4.84. The molecule has 0 amide bonds. The number of hydrogen-bond acceptors (Lipinski definition) is 3. The van der Waals surface area contributed by atoms with Gasteiger partial charge in [0.2, 0.25) is 0 Å². The van der Waals surface area contributed by atoms with Crippen molar-refractivity contribution in [1.29, 1.82) is 0 Å². The van der Waals surface area contributed by atoms with Gasteiger partial charge in [-0.3, -0.25) is 0 Å². The van der Waals surface area contributed by atoms with Crippen LogP contribution in [0.2, 0.25) is 0 Å². The van der Waals surface area contributed by atoms with Gasteiger partial charge in [0.05, 0.1) is 5.54 Å². The number of aromatic nitrogens is 1. The molecular weight excluding hydrogens is 216 g/mol. The number of thiazole rings is 1. The summed E-state index contributed by atoms with van der Waals surface area (Å²) in [5, 5.41) is 7.08. The molecule has 1 N–H and O–H groups in total. The van der Waals surface area contributed by atoms with Crippen molar-refractivity contribution in [2.24, 2.45) is 11.8 Å². The van der Waals surface area contributed by atoms with Gasteiger partial charge in [-0.15, -0.1) is 11.3 Å². The molecule has 3 heteroatoms. The van der Waals surface area contributed by atoms with Crippen LogP contribution in [0.5, 0.6) is 0 Å². The van der Waals surface area contributed by atoms with Crippen LogP contribution in [0.4, 0.5) is 0 Å². The van der Waals surface area contributed by atoms with E-state index in [1.807, 2.05) is 6.20 Å². The lowest BCUT2D eigenvalue weighted by molar-refractivity contribution is 0.142. The topological polar surface area (TPSA) is 24.9 Å². The Hall–Kier alpha value is -0.410. The maximum Gasteiger partial charge on any atom is 0.113 e. The fourth-order valence-corrected chi connectivity index (χ4v) is 3.70. The Morgan fingerprint density at radius 3 is 2.88 bits per heavy atom. The first-order valence-corrected chi connectivity index (χ1v) is 7.21. The Kier molecular flexibility index (Phi) is 3.65. The first-order valence-electron chi connectivity index (χ1n) is 6.33. The van der Waals surface area contributed by atoms with E-state index < -0.39 is 0 Å². The van der Waals surface area contributed by atoms with Gasteiger partial charge < -0.3 is 5.32 Å². The average Bonchev–Trinajstić information content (AvgIpc) is 2.78. The number of nitrogens with zero attached hydrogens (tertiary/aromatic N) is 1. The Labute approximate surface area is 102 Å². The molecule has 2 rings (SSSR count). The molecule has 0 aliphatic heterocycles. The lowest BCUT2D eigenvalue weighted by atomic mass is 9.71. The molecule has 0 aromatic carbocycles. The Morgan fingerprint density at radius 2 is 2.31 bits per heavy atom. The van der Waals surface area contributed by atoms with Crippen LogP contribution in [0.15, 0.2) is 11.6 Å². The molecule has 0 spiro atoms. The third kappa shape index (κ3) is 2.16. The summed E-state index contributed by atoms with van der Waals surface area (Å²) < 4.78 is 0. The van der Waals surface area contributed by atoms with Crippen LogP contribution in [-0.2, 0) is 5.54 Å². The van der Waals surface area contributed by atoms with Crippen molar-refractivity contribution in [3.05, 3.63) is 16.6 Å². The highest BCUT2D eigenvalue weighted by Crippen LogP contribution is 2.42. The minimum absolute atomic E-state index is 0.162. The maximum atomic E-state index is 4.55. The lowest BCUT2D eigenvalue weighted by Crippen LogP contribution is -2.47. The third-order valence-electron chi connectivity index (χ3n) is 4.03. The summed E-state index contributed by atoms with van der Waals surface area (Å²) in [6.45, 7) is 7.98. The quantitative estimate of drug-likeness (QED) is 0.873. The molecule has 0 saturated heterocycles. The van der Waals surface area contributed by atoms with Crippen molar-refractivity contribution in [2.75, 3.05) is 6.54 Å². The van der Waals surface area contributed by atoms with Gasteiger partial charge in [0, 0.05) is 11.6 Å². The zero-order valence-electron chi connectivity index (χ0n) is 10.5. The highest BCUT2D eigenvalue weighted by Gasteiger charge is 2.40. The van der Waals surface area contributed by atoms with Gasteiger partial charge in [0.1, 0.15) is 5.01 Å². The number of hydrogen-bond donors (Lipinski definition) is 1. The maximum absolute atomic E-state index is 4.55. The molecule has 1 aliphatic rings. The van der Waals surface area contributed by atoms with Gasteiger partial charge in [-0.2, -0.15) is 0 Å². The van der Waals surface area contributed by atoms with Crippen LogP contribution in [0.3, 0.4) is 0 Å². The van der Waals surface area contributed by atoms with Gasteiger partial charge in [-0.25, -0.2) is 4.98 Å². The molecule has 90 valence electrons. The zero-order chi connectivity index (χ0) is 11.6. The lowest BCUT2D eigenvalue weighted by Gasteiger charge is -2.42. The van der Waals surface area contributed by atoms with Crippen molar-refractivity contribution in [1.82, 2.24) is 10.3 Å². The van der Waals surface area contributed by atoms with Crippen LogP contribution in [0.25, 0.3) is 0 Å². The van der Waals surface area contributed by atoms with Crippen LogP contribution < -0.4 is 5.32 Å². The molecule has 16 heavy (non-hydrogen) atoms. The Morgan fingerprint density at radius 1 is 1.50 bits per heavy atom. The smallest absolute Gasteiger partial charge is 0.113 e. The highest BCUT2D eigenvalue weighted by molar-refractivity contribution is 7.09. The fraction of sp³-hybridized carbons (Fsp3) is 0.769. The van der Waals surface area contributed by atoms with E-state index in [9.17, 15) is 0 Å². The largest absolute Gasteiger partial charge is 0.306 e. The Balaban J connectivity index is 2.23. The summed E-state index contributed by atoms with van der Waals surface area (Å²) in [5.41, 5.74) is 0.162. The summed E-state index contributed by atoms with van der Waals surface area (Å²) >= 11 is 1.80. The summed E-state index contributed by atoms with van der Waals surface area (Å²) in [5.74, 6) is 1.64. The van der Waals surface area contributed by atoms with Crippen LogP contribution in [0, 0.1) is 11.8 Å². The molecule has 3 unspecified atom stereocenters. The summed E-state index contributed by atoms with van der Waals surface area (Å²) in [6.07, 6.45) is 5.71. The second-order valence-electron chi connectivity index (χ2n) is 5.15. The molecule has 1 heterocycles. The summed E-state index contributed by atoms with van der Waals surface area (Å²) in [6, 6.07) is 0. The SMILES string of the molecule is CCNC1(c2nccs2)CCC(C)C(C)C1. The van der Waals surface area contributed by atoms with E-state index in [1.54, 1.807) is 11.3 Å². The fourth-order valence-electron chi connectivity index (χ4n) is 2.84. The molecule has 1 fully saturated rings. The monoisotopic (exact) mass is 238 g/mol. The zero-order valence-corrected chi connectivity index (χ0v) is 11.3. The van der Waals surface area contributed by atoms with Crippen molar-refractivity contribution in [3.8, 4) is 0 Å². The van der Waals surface area contributed by atoms with Crippen LogP contribution in [-0.4, -0.2) is 11.5 Å². The number of nitrogens with one attached hydrogen (secondary N) is 1. The van der Waals surface area contributed by atoms with E-state index >= 15 is 0 Å². The standard InChI is InChI=1S/C13H22N2S/c1-4-15-13(12-14-7-8-16-12)6-5-10(2)11(3)9-13/h7-8,10-11,15H,4-6,9H2,1-3H3. The molecule has 0 bridgehead atoms. The van der Waals surface area contributed by atoms with Crippen molar-refractivity contribution >= 4 is 11.3 Å². The van der Waals surface area contributed by atoms with E-state index in [0.717, 1.165) is 18.4 Å². The predicted octanol–water partition coefficient (Wildman–Crippen LogP) is 3.40. The minimum Gasteiger partial charge on any atom is -0.306 e. The first-order chi connectivity index (χ1) is 7.68. The molecule has 1 aromatic rings. The van der Waals surface area contributed by atoms with Crippen molar-refractivity contribution in [3.63, 3.8) is 0 Å².